The van der Waals surface area contributed by atoms with Gasteiger partial charge in [0.05, 0.1) is 25.4 Å². The lowest BCUT2D eigenvalue weighted by atomic mass is 9.98. The summed E-state index contributed by atoms with van der Waals surface area (Å²) in [5.74, 6) is -0.699. The molecule has 1 saturated heterocycles. The van der Waals surface area contributed by atoms with E-state index in [1.54, 1.807) is 0 Å². The molecule has 0 bridgehead atoms. The fourth-order valence-electron chi connectivity index (χ4n) is 11.5. The molecule has 0 spiro atoms. The molecule has 1 amide bonds. The van der Waals surface area contributed by atoms with Crippen LogP contribution in [-0.4, -0.2) is 110 Å². The highest BCUT2D eigenvalue weighted by atomic mass is 16.7. The van der Waals surface area contributed by atoms with Crippen molar-refractivity contribution >= 4 is 5.91 Å². The fraction of sp³-hybridized carbons (Fsp3) is 0.956. The molecule has 79 heavy (non-hydrogen) atoms. The lowest BCUT2D eigenvalue weighted by Crippen LogP contribution is -2.60. The molecule has 0 aromatic rings. The van der Waals surface area contributed by atoms with Crippen LogP contribution in [0.4, 0.5) is 0 Å². The van der Waals surface area contributed by atoms with Crippen molar-refractivity contribution in [2.75, 3.05) is 13.2 Å². The largest absolute Gasteiger partial charge is 0.394 e. The summed E-state index contributed by atoms with van der Waals surface area (Å²) in [6.07, 6.45) is 58.7. The average molecular weight is 1120 g/mol. The number of carbonyl (C=O) groups excluding carboxylic acids is 1. The molecule has 1 rings (SSSR count). The van der Waals surface area contributed by atoms with E-state index < -0.39 is 74.2 Å². The lowest BCUT2D eigenvalue weighted by Gasteiger charge is -2.40. The third kappa shape index (κ3) is 45.0. The zero-order valence-corrected chi connectivity index (χ0v) is 51.9. The Morgan fingerprint density at radius 2 is 0.747 bits per heavy atom. The number of allylic oxidation sites excluding steroid dienone is 2. The van der Waals surface area contributed by atoms with Crippen LogP contribution in [0, 0.1) is 0 Å². The van der Waals surface area contributed by atoms with Gasteiger partial charge in [-0.1, -0.05) is 321 Å². The first kappa shape index (κ1) is 75.9. The maximum atomic E-state index is 13.2. The molecule has 0 aromatic heterocycles. The van der Waals surface area contributed by atoms with Crippen LogP contribution < -0.4 is 5.32 Å². The summed E-state index contributed by atoms with van der Waals surface area (Å²) < 4.78 is 11.2. The normalized spacial score (nSPS) is 19.3. The molecule has 1 aliphatic heterocycles. The molecule has 8 N–H and O–H groups in total. The maximum absolute atomic E-state index is 13.2. The first-order valence-electron chi connectivity index (χ1n) is 34.6. The van der Waals surface area contributed by atoms with E-state index >= 15 is 0 Å². The highest BCUT2D eigenvalue weighted by Gasteiger charge is 2.44. The molecule has 0 aliphatic carbocycles. The second-order valence-electron chi connectivity index (χ2n) is 24.6. The standard InChI is InChI=1S/C68H133NO10/c1-3-5-7-9-11-13-15-17-19-21-23-25-26-27-28-29-30-31-32-33-34-35-36-38-39-41-43-45-47-49-51-53-55-60(71)63(73)59(58-78-68-66(76)65(75)64(74)62(57-70)79-68)69-67(77)61(72)56-54-52-50-48-46-44-42-40-37-24-22-20-18-16-14-12-10-8-6-4-2/h47,49,59-66,68,70-76H,3-46,48,50-58H2,1-2H3,(H,69,77)/b49-47+. The van der Waals surface area contributed by atoms with Crippen LogP contribution in [0.15, 0.2) is 12.2 Å². The van der Waals surface area contributed by atoms with Crippen molar-refractivity contribution in [3.05, 3.63) is 12.2 Å². The summed E-state index contributed by atoms with van der Waals surface area (Å²) in [6.45, 7) is 3.50. The van der Waals surface area contributed by atoms with Crippen LogP contribution in [0.25, 0.3) is 0 Å². The molecule has 0 radical (unpaired) electrons. The molecule has 0 saturated carbocycles. The van der Waals surface area contributed by atoms with Gasteiger partial charge in [0.15, 0.2) is 6.29 Å². The van der Waals surface area contributed by atoms with Crippen LogP contribution >= 0.6 is 0 Å². The summed E-state index contributed by atoms with van der Waals surface area (Å²) in [4.78, 5) is 13.2. The summed E-state index contributed by atoms with van der Waals surface area (Å²) >= 11 is 0. The van der Waals surface area contributed by atoms with Crippen LogP contribution in [-0.2, 0) is 14.3 Å². The molecule has 1 aliphatic rings. The number of hydrogen-bond donors (Lipinski definition) is 8. The van der Waals surface area contributed by atoms with Crippen molar-refractivity contribution in [3.8, 4) is 0 Å². The van der Waals surface area contributed by atoms with Gasteiger partial charge in [-0.15, -0.1) is 0 Å². The quantitative estimate of drug-likeness (QED) is 0.0215. The van der Waals surface area contributed by atoms with Crippen molar-refractivity contribution < 1.29 is 50.0 Å². The Hall–Kier alpha value is -1.15. The number of nitrogens with one attached hydrogen (secondary N) is 1. The Labute approximate surface area is 487 Å². The van der Waals surface area contributed by atoms with Gasteiger partial charge in [0.1, 0.15) is 36.6 Å². The number of hydrogen-bond acceptors (Lipinski definition) is 10. The van der Waals surface area contributed by atoms with Crippen LogP contribution in [0.5, 0.6) is 0 Å². The Balaban J connectivity index is 2.20. The molecular weight excluding hydrogens is 991 g/mol. The number of aliphatic hydroxyl groups is 7. The Morgan fingerprint density at radius 1 is 0.430 bits per heavy atom. The smallest absolute Gasteiger partial charge is 0.249 e. The van der Waals surface area contributed by atoms with E-state index in [1.165, 1.54) is 276 Å². The SMILES string of the molecule is CCCCCCCCCCCCCCCCCCCCCCCCCCCCC/C=C/CCCC(O)C(O)C(COC1OC(CO)C(O)C(O)C1O)NC(=O)C(O)CCCCCCCCCCCCCCCCCCCCCC. The third-order valence-corrected chi connectivity index (χ3v) is 17.1. The zero-order valence-electron chi connectivity index (χ0n) is 51.9. The van der Waals surface area contributed by atoms with Gasteiger partial charge >= 0.3 is 0 Å². The van der Waals surface area contributed by atoms with Gasteiger partial charge in [-0.25, -0.2) is 0 Å². The minimum Gasteiger partial charge on any atom is -0.394 e. The van der Waals surface area contributed by atoms with E-state index in [2.05, 4.69) is 31.3 Å². The maximum Gasteiger partial charge on any atom is 0.249 e. The topological polar surface area (TPSA) is 189 Å². The monoisotopic (exact) mass is 1120 g/mol. The Bertz CT molecular complexity index is 1290. The van der Waals surface area contributed by atoms with Gasteiger partial charge in [-0.3, -0.25) is 4.79 Å². The summed E-state index contributed by atoms with van der Waals surface area (Å²) in [5, 5.41) is 76.4. The third-order valence-electron chi connectivity index (χ3n) is 17.1. The van der Waals surface area contributed by atoms with E-state index in [-0.39, 0.29) is 12.8 Å². The number of aliphatic hydroxyl groups excluding tert-OH is 7. The van der Waals surface area contributed by atoms with Gasteiger partial charge < -0.3 is 50.5 Å². The summed E-state index contributed by atoms with van der Waals surface area (Å²) in [6, 6.07) is -1.18. The van der Waals surface area contributed by atoms with E-state index in [0.717, 1.165) is 32.1 Å². The van der Waals surface area contributed by atoms with Crippen molar-refractivity contribution in [1.82, 2.24) is 5.32 Å². The van der Waals surface area contributed by atoms with Crippen LogP contribution in [0.1, 0.15) is 348 Å². The molecule has 9 unspecified atom stereocenters. The van der Waals surface area contributed by atoms with E-state index in [9.17, 15) is 40.5 Å². The van der Waals surface area contributed by atoms with Crippen molar-refractivity contribution in [3.63, 3.8) is 0 Å². The second-order valence-corrected chi connectivity index (χ2v) is 24.6. The second kappa shape index (κ2) is 57.3. The molecule has 470 valence electrons. The van der Waals surface area contributed by atoms with Gasteiger partial charge in [0.25, 0.3) is 0 Å². The molecule has 0 aromatic carbocycles. The Morgan fingerprint density at radius 3 is 1.09 bits per heavy atom. The number of rotatable bonds is 61. The summed E-state index contributed by atoms with van der Waals surface area (Å²) in [7, 11) is 0. The summed E-state index contributed by atoms with van der Waals surface area (Å²) in [5.41, 5.74) is 0. The fourth-order valence-corrected chi connectivity index (χ4v) is 11.5. The van der Waals surface area contributed by atoms with E-state index in [0.29, 0.717) is 12.8 Å². The van der Waals surface area contributed by atoms with Crippen LogP contribution in [0.3, 0.4) is 0 Å². The van der Waals surface area contributed by atoms with Crippen LogP contribution in [0.2, 0.25) is 0 Å². The van der Waals surface area contributed by atoms with Crippen molar-refractivity contribution in [2.45, 2.75) is 403 Å². The molecule has 1 heterocycles. The number of carbonyl (C=O) groups is 1. The molecule has 1 fully saturated rings. The lowest BCUT2D eigenvalue weighted by molar-refractivity contribution is -0.303. The van der Waals surface area contributed by atoms with E-state index in [4.69, 9.17) is 9.47 Å². The predicted octanol–water partition coefficient (Wildman–Crippen LogP) is 16.3. The Kier molecular flexibility index (Phi) is 55.0. The van der Waals surface area contributed by atoms with E-state index in [1.807, 2.05) is 0 Å². The minimum atomic E-state index is -1.67. The zero-order chi connectivity index (χ0) is 57.5. The number of amides is 1. The van der Waals surface area contributed by atoms with Gasteiger partial charge in [-0.2, -0.15) is 0 Å². The molecule has 11 heteroatoms. The first-order valence-corrected chi connectivity index (χ1v) is 34.6. The first-order chi connectivity index (χ1) is 38.7. The number of ether oxygens (including phenoxy) is 2. The van der Waals surface area contributed by atoms with Gasteiger partial charge in [0, 0.05) is 0 Å². The highest BCUT2D eigenvalue weighted by molar-refractivity contribution is 5.80. The van der Waals surface area contributed by atoms with Gasteiger partial charge in [0.2, 0.25) is 5.91 Å². The minimum absolute atomic E-state index is 0.260. The van der Waals surface area contributed by atoms with Crippen molar-refractivity contribution in [2.24, 2.45) is 0 Å². The molecule has 9 atom stereocenters. The molecule has 11 nitrogen and oxygen atoms in total. The number of unbranched alkanes of at least 4 members (excludes halogenated alkanes) is 47. The van der Waals surface area contributed by atoms with Crippen molar-refractivity contribution in [1.29, 1.82) is 0 Å². The highest BCUT2D eigenvalue weighted by Crippen LogP contribution is 2.24. The van der Waals surface area contributed by atoms with Gasteiger partial charge in [-0.05, 0) is 38.5 Å². The average Bonchev–Trinajstić information content (AvgIpc) is 3.46. The predicted molar refractivity (Wildman–Crippen MR) is 330 cm³/mol. The molecular formula is C68H133NO10.